The largest absolute Gasteiger partial charge is 0.481 e. The number of nitrogens with zero attached hydrogens (tertiary/aromatic N) is 6. The van der Waals surface area contributed by atoms with Crippen molar-refractivity contribution >= 4 is 34.5 Å². The number of pyridine rings is 1. The van der Waals surface area contributed by atoms with E-state index in [1.165, 1.54) is 7.11 Å². The predicted molar refractivity (Wildman–Crippen MR) is 184 cm³/mol. The van der Waals surface area contributed by atoms with Crippen LogP contribution < -0.4 is 21.1 Å². The number of carbonyl (C=O) groups is 2. The summed E-state index contributed by atoms with van der Waals surface area (Å²) in [6.07, 6.45) is 5.80. The quantitative estimate of drug-likeness (QED) is 0.213. The lowest BCUT2D eigenvalue weighted by molar-refractivity contribution is -0.132. The van der Waals surface area contributed by atoms with E-state index in [1.54, 1.807) is 42.4 Å². The maximum Gasteiger partial charge on any atom is 0.437 e. The Bertz CT molecular complexity index is 2020. The highest BCUT2D eigenvalue weighted by Crippen LogP contribution is 2.43. The van der Waals surface area contributed by atoms with Gasteiger partial charge in [0.05, 0.1) is 24.8 Å². The molecule has 7 rings (SSSR count). The molecule has 2 saturated heterocycles. The second-order valence-electron chi connectivity index (χ2n) is 12.9. The monoisotopic (exact) mass is 662 g/mol. The zero-order valence-electron chi connectivity index (χ0n) is 27.5. The molecule has 3 aliphatic heterocycles. The van der Waals surface area contributed by atoms with Gasteiger partial charge < -0.3 is 24.7 Å². The molecular weight excluding hydrogens is 624 g/mol. The summed E-state index contributed by atoms with van der Waals surface area (Å²) in [7, 11) is 3.08. The Morgan fingerprint density at radius 3 is 2.49 bits per heavy atom. The zero-order valence-corrected chi connectivity index (χ0v) is 27.5. The third-order valence-corrected chi connectivity index (χ3v) is 9.91. The molecular formula is C36H38N8O5. The van der Waals surface area contributed by atoms with E-state index in [4.69, 9.17) is 20.3 Å². The van der Waals surface area contributed by atoms with Gasteiger partial charge in [0, 0.05) is 73.6 Å². The molecule has 2 fully saturated rings. The van der Waals surface area contributed by atoms with Crippen LogP contribution in [0.15, 0.2) is 76.1 Å². The number of hydrogen-bond donors (Lipinski definition) is 2. The summed E-state index contributed by atoms with van der Waals surface area (Å²) >= 11 is 0. The highest BCUT2D eigenvalue weighted by molar-refractivity contribution is 6.14. The molecule has 2 amide bonds. The fraction of sp³-hybridized carbons (Fsp3) is 0.333. The average molecular weight is 663 g/mol. The molecule has 3 aliphatic rings. The Hall–Kier alpha value is -5.56. The summed E-state index contributed by atoms with van der Waals surface area (Å²) in [6.45, 7) is 3.22. The Morgan fingerprint density at radius 1 is 1.04 bits per heavy atom. The third-order valence-electron chi connectivity index (χ3n) is 9.91. The van der Waals surface area contributed by atoms with E-state index in [0.29, 0.717) is 73.9 Å². The van der Waals surface area contributed by atoms with E-state index >= 15 is 0 Å². The van der Waals surface area contributed by atoms with Crippen molar-refractivity contribution in [2.75, 3.05) is 57.0 Å². The molecule has 1 atom stereocenters. The fourth-order valence-electron chi connectivity index (χ4n) is 7.01. The second kappa shape index (κ2) is 12.8. The number of aryl methyl sites for hydroxylation is 1. The predicted octanol–water partition coefficient (Wildman–Crippen LogP) is 3.19. The molecule has 0 unspecified atom stereocenters. The van der Waals surface area contributed by atoms with Gasteiger partial charge in [-0.05, 0) is 73.3 Å². The van der Waals surface area contributed by atoms with Crippen LogP contribution in [0.4, 0.5) is 11.4 Å². The molecule has 3 N–H and O–H groups in total. The number of benzene rings is 2. The van der Waals surface area contributed by atoms with Gasteiger partial charge in [-0.3, -0.25) is 19.9 Å². The van der Waals surface area contributed by atoms with Crippen molar-refractivity contribution in [1.82, 2.24) is 24.6 Å². The van der Waals surface area contributed by atoms with E-state index in [0.717, 1.165) is 27.8 Å². The summed E-state index contributed by atoms with van der Waals surface area (Å²) in [5.74, 6) is 0.348. The lowest BCUT2D eigenvalue weighted by Gasteiger charge is -2.29. The van der Waals surface area contributed by atoms with Gasteiger partial charge in [0.15, 0.2) is 0 Å². The number of likely N-dealkylation sites (tertiary alicyclic amines) is 1. The zero-order chi connectivity index (χ0) is 34.3. The number of ether oxygens (including phenoxy) is 1. The number of nitrogens with two attached hydrogens (primary N) is 1. The van der Waals surface area contributed by atoms with Gasteiger partial charge in [-0.1, -0.05) is 18.2 Å². The molecule has 0 bridgehead atoms. The molecule has 252 valence electrons. The summed E-state index contributed by atoms with van der Waals surface area (Å²) < 4.78 is 11.5. The SMILES string of the molecule is COc1ccc(C(=N)c2cc(N3CC[C@]4(CCN(CC(=O)N5CC=C(c6ccc(-c7nn(C)c(=O)o7)cc6)CC5)C4)C3=O)ccc2N)cn1. The van der Waals surface area contributed by atoms with Crippen molar-refractivity contribution in [2.24, 2.45) is 12.5 Å². The minimum atomic E-state index is -0.534. The number of carbonyl (C=O) groups excluding carboxylic acids is 2. The fourth-order valence-corrected chi connectivity index (χ4v) is 7.01. The van der Waals surface area contributed by atoms with Crippen molar-refractivity contribution < 1.29 is 18.7 Å². The number of amides is 2. The highest BCUT2D eigenvalue weighted by atomic mass is 16.5. The van der Waals surface area contributed by atoms with E-state index in [-0.39, 0.29) is 30.0 Å². The van der Waals surface area contributed by atoms with Gasteiger partial charge >= 0.3 is 5.76 Å². The maximum atomic E-state index is 13.9. The topological polar surface area (TPSA) is 164 Å². The summed E-state index contributed by atoms with van der Waals surface area (Å²) in [6, 6.07) is 16.6. The van der Waals surface area contributed by atoms with Gasteiger partial charge in [-0.15, -0.1) is 5.10 Å². The number of anilines is 2. The van der Waals surface area contributed by atoms with Crippen LogP contribution in [0.5, 0.6) is 5.88 Å². The first kappa shape index (κ1) is 32.0. The molecule has 0 aliphatic carbocycles. The summed E-state index contributed by atoms with van der Waals surface area (Å²) in [4.78, 5) is 48.9. The third kappa shape index (κ3) is 6.13. The Labute approximate surface area is 283 Å². The molecule has 13 heteroatoms. The van der Waals surface area contributed by atoms with Crippen LogP contribution in [0.25, 0.3) is 17.0 Å². The van der Waals surface area contributed by atoms with Crippen molar-refractivity contribution in [1.29, 1.82) is 5.41 Å². The van der Waals surface area contributed by atoms with Gasteiger partial charge in [0.25, 0.3) is 0 Å². The normalized spacial score (nSPS) is 19.5. The van der Waals surface area contributed by atoms with Gasteiger partial charge in [0.2, 0.25) is 23.6 Å². The van der Waals surface area contributed by atoms with Crippen LogP contribution in [0.3, 0.4) is 0 Å². The number of aromatic nitrogens is 3. The molecule has 0 radical (unpaired) electrons. The molecule has 1 spiro atoms. The molecule has 4 aromatic rings. The molecule has 0 saturated carbocycles. The van der Waals surface area contributed by atoms with Crippen LogP contribution in [0.2, 0.25) is 0 Å². The Kier molecular flexibility index (Phi) is 8.37. The number of methoxy groups -OCH3 is 1. The van der Waals surface area contributed by atoms with Crippen LogP contribution >= 0.6 is 0 Å². The van der Waals surface area contributed by atoms with Crippen molar-refractivity contribution in [3.8, 4) is 17.3 Å². The van der Waals surface area contributed by atoms with Gasteiger partial charge in [-0.2, -0.15) is 4.68 Å². The van der Waals surface area contributed by atoms with Gasteiger partial charge in [-0.25, -0.2) is 9.78 Å². The first-order chi connectivity index (χ1) is 23.6. The number of hydrogen-bond acceptors (Lipinski definition) is 10. The number of nitrogens with one attached hydrogen (secondary N) is 1. The minimum absolute atomic E-state index is 0.0533. The second-order valence-corrected chi connectivity index (χ2v) is 12.9. The van der Waals surface area contributed by atoms with Crippen LogP contribution in [-0.4, -0.2) is 88.5 Å². The Morgan fingerprint density at radius 2 is 1.82 bits per heavy atom. The molecule has 13 nitrogen and oxygen atoms in total. The van der Waals surface area contributed by atoms with Crippen molar-refractivity contribution in [3.63, 3.8) is 0 Å². The van der Waals surface area contributed by atoms with E-state index < -0.39 is 11.2 Å². The van der Waals surface area contributed by atoms with E-state index in [2.05, 4.69) is 21.1 Å². The Balaban J connectivity index is 0.955. The van der Waals surface area contributed by atoms with Crippen LogP contribution in [-0.2, 0) is 16.6 Å². The van der Waals surface area contributed by atoms with Crippen molar-refractivity contribution in [3.05, 3.63) is 94.1 Å². The van der Waals surface area contributed by atoms with E-state index in [9.17, 15) is 14.4 Å². The number of rotatable bonds is 8. The number of nitrogen functional groups attached to an aromatic ring is 1. The smallest absolute Gasteiger partial charge is 0.437 e. The average Bonchev–Trinajstić information content (AvgIpc) is 3.80. The van der Waals surface area contributed by atoms with E-state index in [1.807, 2.05) is 35.2 Å². The first-order valence-corrected chi connectivity index (χ1v) is 16.3. The van der Waals surface area contributed by atoms with Crippen LogP contribution in [0, 0.1) is 10.8 Å². The van der Waals surface area contributed by atoms with Crippen molar-refractivity contribution in [2.45, 2.75) is 19.3 Å². The van der Waals surface area contributed by atoms with Crippen LogP contribution in [0.1, 0.15) is 36.0 Å². The standard InChI is InChI=1S/C36H38N8O5/c1-41-35(47)49-33(40-41)25-5-3-23(4-6-25)24-11-15-43(16-12-24)31(45)21-42-17-13-36(22-42)14-18-44(34(36)46)27-8-9-29(37)28(19-27)32(38)26-7-10-30(48-2)39-20-26/h3-11,19-20,38H,12-18,21-22,37H2,1-2H3/t36-/m0/s1. The van der Waals surface area contributed by atoms with Gasteiger partial charge in [0.1, 0.15) is 0 Å². The molecule has 5 heterocycles. The molecule has 2 aromatic carbocycles. The minimum Gasteiger partial charge on any atom is -0.481 e. The first-order valence-electron chi connectivity index (χ1n) is 16.3. The maximum absolute atomic E-state index is 13.9. The highest BCUT2D eigenvalue weighted by Gasteiger charge is 2.51. The molecule has 49 heavy (non-hydrogen) atoms. The summed E-state index contributed by atoms with van der Waals surface area (Å²) in [5.41, 5.74) is 11.2. The lowest BCUT2D eigenvalue weighted by atomic mass is 9.85. The lowest BCUT2D eigenvalue weighted by Crippen LogP contribution is -2.43. The summed E-state index contributed by atoms with van der Waals surface area (Å²) in [5, 5.41) is 12.9. The molecule has 2 aromatic heterocycles.